The van der Waals surface area contributed by atoms with Crippen LogP contribution in [0.25, 0.3) is 60.3 Å². The lowest BCUT2D eigenvalue weighted by Crippen LogP contribution is -1.96. The highest BCUT2D eigenvalue weighted by Crippen LogP contribution is 2.41. The van der Waals surface area contributed by atoms with Crippen LogP contribution in [0.2, 0.25) is 0 Å². The number of benzene rings is 4. The van der Waals surface area contributed by atoms with Gasteiger partial charge in [-0.3, -0.25) is 4.57 Å². The van der Waals surface area contributed by atoms with Gasteiger partial charge in [-0.2, -0.15) is 0 Å². The second-order valence-corrected chi connectivity index (χ2v) is 7.64. The second-order valence-electron chi connectivity index (χ2n) is 7.64. The van der Waals surface area contributed by atoms with E-state index in [0.717, 1.165) is 44.2 Å². The first-order valence-electron chi connectivity index (χ1n) is 10.1. The minimum atomic E-state index is 0.890. The number of hydrogen-bond donors (Lipinski definition) is 0. The predicted molar refractivity (Wildman–Crippen MR) is 123 cm³/mol. The van der Waals surface area contributed by atoms with Gasteiger partial charge in [0, 0.05) is 33.1 Å². The van der Waals surface area contributed by atoms with Crippen LogP contribution in [0.3, 0.4) is 0 Å². The zero-order valence-corrected chi connectivity index (χ0v) is 16.0. The van der Waals surface area contributed by atoms with Crippen LogP contribution >= 0.6 is 0 Å². The summed E-state index contributed by atoms with van der Waals surface area (Å²) in [4.78, 5) is 4.65. The molecule has 0 amide bonds. The van der Waals surface area contributed by atoms with Crippen LogP contribution in [0.1, 0.15) is 0 Å². The Bertz CT molecular complexity index is 1740. The molecule has 7 rings (SSSR count). The fraction of sp³-hybridized carbons (Fsp3) is 0. The molecular weight excluding hydrogens is 368 g/mol. The largest absolute Gasteiger partial charge is 0.453 e. The summed E-state index contributed by atoms with van der Waals surface area (Å²) in [6.07, 6.45) is 1.84. The van der Waals surface area contributed by atoms with Crippen molar-refractivity contribution >= 4 is 54.5 Å². The van der Waals surface area contributed by atoms with Gasteiger partial charge in [0.2, 0.25) is 0 Å². The molecule has 3 aromatic heterocycles. The summed E-state index contributed by atoms with van der Waals surface area (Å²) in [5.74, 6) is 0.890. The molecule has 0 atom stereocenters. The predicted octanol–water partition coefficient (Wildman–Crippen LogP) is 7.23. The summed E-state index contributed by atoms with van der Waals surface area (Å²) in [5, 5.41) is 6.97. The number of pyridine rings is 1. The van der Waals surface area contributed by atoms with E-state index in [9.17, 15) is 0 Å². The molecule has 0 spiro atoms. The quantitative estimate of drug-likeness (QED) is 0.299. The number of rotatable bonds is 1. The van der Waals surface area contributed by atoms with E-state index < -0.39 is 0 Å². The third-order valence-electron chi connectivity index (χ3n) is 6.04. The Morgan fingerprint density at radius 2 is 1.30 bits per heavy atom. The summed E-state index contributed by atoms with van der Waals surface area (Å²) in [6, 6.07) is 31.6. The van der Waals surface area contributed by atoms with Crippen LogP contribution in [0.15, 0.2) is 102 Å². The molecule has 140 valence electrons. The molecule has 7 aromatic rings. The van der Waals surface area contributed by atoms with Gasteiger partial charge in [-0.1, -0.05) is 60.7 Å². The summed E-state index contributed by atoms with van der Waals surface area (Å²) in [5.41, 5.74) is 4.03. The smallest absolute Gasteiger partial charge is 0.160 e. The maximum absolute atomic E-state index is 6.62. The van der Waals surface area contributed by atoms with E-state index in [1.54, 1.807) is 0 Å². The Kier molecular flexibility index (Phi) is 3.00. The number of para-hydroxylation sites is 1. The number of aromatic nitrogens is 2. The van der Waals surface area contributed by atoms with Crippen LogP contribution in [-0.4, -0.2) is 9.55 Å². The van der Waals surface area contributed by atoms with Gasteiger partial charge in [-0.15, -0.1) is 0 Å². The maximum atomic E-state index is 6.62. The van der Waals surface area contributed by atoms with Crippen LogP contribution in [-0.2, 0) is 0 Å². The molecule has 0 aliphatic heterocycles. The summed E-state index contributed by atoms with van der Waals surface area (Å²) in [7, 11) is 0. The first-order valence-corrected chi connectivity index (χ1v) is 10.1. The molecular formula is C27H16N2O. The third-order valence-corrected chi connectivity index (χ3v) is 6.04. The lowest BCUT2D eigenvalue weighted by Gasteiger charge is -2.06. The van der Waals surface area contributed by atoms with Gasteiger partial charge in [0.05, 0.1) is 11.0 Å². The van der Waals surface area contributed by atoms with Crippen LogP contribution < -0.4 is 0 Å². The first kappa shape index (κ1) is 15.8. The Morgan fingerprint density at radius 1 is 0.567 bits per heavy atom. The van der Waals surface area contributed by atoms with Gasteiger partial charge in [-0.25, -0.2) is 4.98 Å². The van der Waals surface area contributed by atoms with Gasteiger partial charge < -0.3 is 4.42 Å². The van der Waals surface area contributed by atoms with E-state index in [1.165, 1.54) is 16.2 Å². The molecule has 30 heavy (non-hydrogen) atoms. The number of furan rings is 1. The molecule has 0 N–H and O–H groups in total. The van der Waals surface area contributed by atoms with Crippen LogP contribution in [0, 0.1) is 0 Å². The fourth-order valence-electron chi connectivity index (χ4n) is 4.73. The van der Waals surface area contributed by atoms with Crippen molar-refractivity contribution in [3.05, 3.63) is 97.2 Å². The first-order chi connectivity index (χ1) is 14.9. The average Bonchev–Trinajstić information content (AvgIpc) is 3.36. The van der Waals surface area contributed by atoms with E-state index in [4.69, 9.17) is 4.42 Å². The van der Waals surface area contributed by atoms with Gasteiger partial charge in [0.25, 0.3) is 0 Å². The highest BCUT2D eigenvalue weighted by molar-refractivity contribution is 6.23. The molecule has 3 nitrogen and oxygen atoms in total. The highest BCUT2D eigenvalue weighted by Gasteiger charge is 2.19. The molecule has 0 saturated heterocycles. The molecule has 0 aliphatic rings. The SMILES string of the molecule is c1ccc(-n2c3ccccc3c3ccc4c5ccc6ccccc6c5oc4c32)nc1. The van der Waals surface area contributed by atoms with Crippen molar-refractivity contribution in [2.24, 2.45) is 0 Å². The van der Waals surface area contributed by atoms with Gasteiger partial charge in [0.1, 0.15) is 11.4 Å². The van der Waals surface area contributed by atoms with E-state index in [-0.39, 0.29) is 0 Å². The van der Waals surface area contributed by atoms with Crippen LogP contribution in [0.4, 0.5) is 0 Å². The zero-order chi connectivity index (χ0) is 19.7. The molecule has 0 unspecified atom stereocenters. The van der Waals surface area contributed by atoms with Gasteiger partial charge in [0.15, 0.2) is 5.58 Å². The van der Waals surface area contributed by atoms with E-state index in [0.29, 0.717) is 0 Å². The average molecular weight is 384 g/mol. The Hall–Kier alpha value is -4.11. The normalized spacial score (nSPS) is 12.0. The maximum Gasteiger partial charge on any atom is 0.160 e. The lowest BCUT2D eigenvalue weighted by atomic mass is 10.0. The topological polar surface area (TPSA) is 31.0 Å². The highest BCUT2D eigenvalue weighted by atomic mass is 16.3. The van der Waals surface area contributed by atoms with Crippen molar-refractivity contribution in [1.29, 1.82) is 0 Å². The van der Waals surface area contributed by atoms with Gasteiger partial charge in [-0.05, 0) is 35.7 Å². The van der Waals surface area contributed by atoms with E-state index in [1.807, 2.05) is 24.4 Å². The number of fused-ring (bicyclic) bond motifs is 9. The summed E-state index contributed by atoms with van der Waals surface area (Å²) >= 11 is 0. The zero-order valence-electron chi connectivity index (χ0n) is 16.0. The number of hydrogen-bond acceptors (Lipinski definition) is 2. The van der Waals surface area contributed by atoms with E-state index >= 15 is 0 Å². The molecule has 0 bridgehead atoms. The second kappa shape index (κ2) is 5.71. The Balaban J connectivity index is 1.76. The molecule has 3 heterocycles. The molecule has 4 aromatic carbocycles. The van der Waals surface area contributed by atoms with Crippen molar-refractivity contribution < 1.29 is 4.42 Å². The molecule has 0 aliphatic carbocycles. The Morgan fingerprint density at radius 3 is 2.20 bits per heavy atom. The van der Waals surface area contributed by atoms with Crippen molar-refractivity contribution in [3.63, 3.8) is 0 Å². The molecule has 0 fully saturated rings. The van der Waals surface area contributed by atoms with E-state index in [2.05, 4.69) is 82.3 Å². The minimum Gasteiger partial charge on any atom is -0.453 e. The van der Waals surface area contributed by atoms with Gasteiger partial charge >= 0.3 is 0 Å². The standard InChI is InChI=1S/C27H16N2O/c1-2-8-18-17(7-1)12-13-21-22-15-14-20-19-9-3-4-10-23(19)29(24-11-5-6-16-28-24)25(20)27(22)30-26(18)21/h1-16H. The molecule has 3 heteroatoms. The Labute approximate surface area is 171 Å². The fourth-order valence-corrected chi connectivity index (χ4v) is 4.73. The monoisotopic (exact) mass is 384 g/mol. The number of nitrogens with zero attached hydrogens (tertiary/aromatic N) is 2. The minimum absolute atomic E-state index is 0.890. The van der Waals surface area contributed by atoms with Crippen molar-refractivity contribution in [3.8, 4) is 5.82 Å². The van der Waals surface area contributed by atoms with Crippen LogP contribution in [0.5, 0.6) is 0 Å². The third kappa shape index (κ3) is 1.96. The molecule has 0 saturated carbocycles. The lowest BCUT2D eigenvalue weighted by molar-refractivity contribution is 0.674. The summed E-state index contributed by atoms with van der Waals surface area (Å²) in [6.45, 7) is 0. The van der Waals surface area contributed by atoms with Crippen molar-refractivity contribution in [2.75, 3.05) is 0 Å². The summed E-state index contributed by atoms with van der Waals surface area (Å²) < 4.78 is 8.84. The molecule has 0 radical (unpaired) electrons. The van der Waals surface area contributed by atoms with Crippen molar-refractivity contribution in [2.45, 2.75) is 0 Å². The van der Waals surface area contributed by atoms with Crippen molar-refractivity contribution in [1.82, 2.24) is 9.55 Å².